The molecule has 0 saturated carbocycles. The standard InChI is InChI=1S/C24H39N5O/c1-4-25-24(26-13-12-23(30)29-16-8-9-19(2)18-29)27-20(3)21-10-7-11-22(17-21)28-14-5-6-15-28/h7,10-11,17,19-20H,4-6,8-9,12-16,18H2,1-3H3,(H2,25,26,27). The number of rotatable bonds is 7. The monoisotopic (exact) mass is 413 g/mol. The van der Waals surface area contributed by atoms with Crippen LogP contribution < -0.4 is 15.5 Å². The van der Waals surface area contributed by atoms with E-state index in [0.29, 0.717) is 18.9 Å². The lowest BCUT2D eigenvalue weighted by Gasteiger charge is -2.30. The topological polar surface area (TPSA) is 60.0 Å². The minimum atomic E-state index is 0.143. The fourth-order valence-electron chi connectivity index (χ4n) is 4.41. The van der Waals surface area contributed by atoms with Crippen molar-refractivity contribution in [1.29, 1.82) is 0 Å². The van der Waals surface area contributed by atoms with Gasteiger partial charge in [-0.05, 0) is 63.1 Å². The van der Waals surface area contributed by atoms with Crippen LogP contribution in [0.25, 0.3) is 0 Å². The number of hydrogen-bond donors (Lipinski definition) is 2. The highest BCUT2D eigenvalue weighted by Crippen LogP contribution is 2.24. The number of carbonyl (C=O) groups is 1. The molecule has 2 unspecified atom stereocenters. The third-order valence-electron chi connectivity index (χ3n) is 6.14. The van der Waals surface area contributed by atoms with Crippen molar-refractivity contribution in [2.24, 2.45) is 10.9 Å². The zero-order chi connectivity index (χ0) is 21.3. The van der Waals surface area contributed by atoms with Crippen molar-refractivity contribution in [2.45, 2.75) is 58.9 Å². The smallest absolute Gasteiger partial charge is 0.224 e. The number of hydrogen-bond acceptors (Lipinski definition) is 3. The van der Waals surface area contributed by atoms with Crippen molar-refractivity contribution in [3.05, 3.63) is 29.8 Å². The molecule has 30 heavy (non-hydrogen) atoms. The molecule has 6 heteroatoms. The fraction of sp³-hybridized carbons (Fsp3) is 0.667. The van der Waals surface area contributed by atoms with E-state index in [9.17, 15) is 4.79 Å². The van der Waals surface area contributed by atoms with E-state index < -0.39 is 0 Å². The first-order valence-corrected chi connectivity index (χ1v) is 11.7. The van der Waals surface area contributed by atoms with E-state index in [1.54, 1.807) is 0 Å². The molecule has 0 aromatic heterocycles. The van der Waals surface area contributed by atoms with Gasteiger partial charge in [0.05, 0.1) is 12.6 Å². The van der Waals surface area contributed by atoms with E-state index in [4.69, 9.17) is 0 Å². The summed E-state index contributed by atoms with van der Waals surface area (Å²) < 4.78 is 0. The van der Waals surface area contributed by atoms with Crippen LogP contribution in [0.3, 0.4) is 0 Å². The van der Waals surface area contributed by atoms with Crippen molar-refractivity contribution in [1.82, 2.24) is 15.5 Å². The number of anilines is 1. The Labute approximate surface area is 182 Å². The van der Waals surface area contributed by atoms with Gasteiger partial charge in [-0.15, -0.1) is 0 Å². The number of amides is 1. The van der Waals surface area contributed by atoms with Crippen LogP contribution in [0.15, 0.2) is 29.3 Å². The van der Waals surface area contributed by atoms with Gasteiger partial charge in [0.2, 0.25) is 5.91 Å². The van der Waals surface area contributed by atoms with Gasteiger partial charge >= 0.3 is 0 Å². The van der Waals surface area contributed by atoms with Crippen LogP contribution in [0.2, 0.25) is 0 Å². The van der Waals surface area contributed by atoms with Crippen molar-refractivity contribution < 1.29 is 4.79 Å². The first-order valence-electron chi connectivity index (χ1n) is 11.7. The van der Waals surface area contributed by atoms with Gasteiger partial charge in [0.1, 0.15) is 0 Å². The largest absolute Gasteiger partial charge is 0.372 e. The molecule has 6 nitrogen and oxygen atoms in total. The molecular formula is C24H39N5O. The average Bonchev–Trinajstić information content (AvgIpc) is 3.29. The Morgan fingerprint density at radius 1 is 1.23 bits per heavy atom. The molecule has 0 spiro atoms. The zero-order valence-corrected chi connectivity index (χ0v) is 19.0. The maximum atomic E-state index is 12.5. The normalized spacial score (nSPS) is 20.9. The molecule has 2 fully saturated rings. The number of likely N-dealkylation sites (tertiary alicyclic amines) is 1. The van der Waals surface area contributed by atoms with Gasteiger partial charge in [0, 0.05) is 44.8 Å². The molecule has 2 atom stereocenters. The maximum absolute atomic E-state index is 12.5. The zero-order valence-electron chi connectivity index (χ0n) is 19.0. The number of nitrogens with one attached hydrogen (secondary N) is 2. The second-order valence-corrected chi connectivity index (χ2v) is 8.75. The van der Waals surface area contributed by atoms with Crippen molar-refractivity contribution in [3.8, 4) is 0 Å². The molecule has 1 aromatic rings. The second kappa shape index (κ2) is 11.2. The van der Waals surface area contributed by atoms with Gasteiger partial charge in [-0.3, -0.25) is 9.79 Å². The number of aliphatic imine (C=N–C) groups is 1. The molecule has 0 aliphatic carbocycles. The number of piperidine rings is 1. The summed E-state index contributed by atoms with van der Waals surface area (Å²) in [6.45, 7) is 11.9. The molecule has 0 bridgehead atoms. The van der Waals surface area contributed by atoms with E-state index in [0.717, 1.165) is 45.1 Å². The molecule has 1 amide bonds. The van der Waals surface area contributed by atoms with Crippen molar-refractivity contribution in [3.63, 3.8) is 0 Å². The van der Waals surface area contributed by atoms with Crippen molar-refractivity contribution >= 4 is 17.6 Å². The highest BCUT2D eigenvalue weighted by molar-refractivity contribution is 5.81. The predicted octanol–water partition coefficient (Wildman–Crippen LogP) is 3.55. The summed E-state index contributed by atoms with van der Waals surface area (Å²) in [7, 11) is 0. The maximum Gasteiger partial charge on any atom is 0.224 e. The Morgan fingerprint density at radius 3 is 2.77 bits per heavy atom. The third kappa shape index (κ3) is 6.38. The molecule has 166 valence electrons. The van der Waals surface area contributed by atoms with Gasteiger partial charge in [-0.1, -0.05) is 19.1 Å². The third-order valence-corrected chi connectivity index (χ3v) is 6.14. The molecule has 3 rings (SSSR count). The van der Waals surface area contributed by atoms with E-state index >= 15 is 0 Å². The van der Waals surface area contributed by atoms with Crippen LogP contribution in [0, 0.1) is 5.92 Å². The van der Waals surface area contributed by atoms with Crippen molar-refractivity contribution in [2.75, 3.05) is 44.2 Å². The Hall–Kier alpha value is -2.24. The van der Waals surface area contributed by atoms with Gasteiger partial charge < -0.3 is 20.4 Å². The van der Waals surface area contributed by atoms with Gasteiger partial charge in [0.25, 0.3) is 0 Å². The second-order valence-electron chi connectivity index (χ2n) is 8.75. The van der Waals surface area contributed by atoms with E-state index in [1.807, 2.05) is 4.90 Å². The van der Waals surface area contributed by atoms with Crippen LogP contribution in [-0.2, 0) is 4.79 Å². The number of guanidine groups is 1. The first-order chi connectivity index (χ1) is 14.6. The Kier molecular flexibility index (Phi) is 8.40. The van der Waals surface area contributed by atoms with Gasteiger partial charge in [-0.2, -0.15) is 0 Å². The molecular weight excluding hydrogens is 374 g/mol. The van der Waals surface area contributed by atoms with Crippen LogP contribution in [0.1, 0.15) is 64.5 Å². The van der Waals surface area contributed by atoms with Gasteiger partial charge in [0.15, 0.2) is 5.96 Å². The quantitative estimate of drug-likeness (QED) is 0.530. The summed E-state index contributed by atoms with van der Waals surface area (Å²) in [5, 5.41) is 6.82. The van der Waals surface area contributed by atoms with Crippen LogP contribution >= 0.6 is 0 Å². The Morgan fingerprint density at radius 2 is 2.03 bits per heavy atom. The summed E-state index contributed by atoms with van der Waals surface area (Å²) in [4.78, 5) is 21.6. The van der Waals surface area contributed by atoms with E-state index in [2.05, 4.69) is 65.6 Å². The lowest BCUT2D eigenvalue weighted by Crippen LogP contribution is -2.40. The first kappa shape index (κ1) is 22.4. The fourth-order valence-corrected chi connectivity index (χ4v) is 4.41. The summed E-state index contributed by atoms with van der Waals surface area (Å²) in [5.74, 6) is 1.62. The minimum Gasteiger partial charge on any atom is -0.372 e. The van der Waals surface area contributed by atoms with E-state index in [1.165, 1.54) is 30.5 Å². The molecule has 2 aliphatic rings. The lowest BCUT2D eigenvalue weighted by molar-refractivity contribution is -0.132. The highest BCUT2D eigenvalue weighted by atomic mass is 16.2. The molecule has 2 N–H and O–H groups in total. The summed E-state index contributed by atoms with van der Waals surface area (Å²) in [6.07, 6.45) is 5.39. The predicted molar refractivity (Wildman–Crippen MR) is 125 cm³/mol. The number of benzene rings is 1. The van der Waals surface area contributed by atoms with Crippen LogP contribution in [0.5, 0.6) is 0 Å². The Balaban J connectivity index is 1.55. The number of nitrogens with zero attached hydrogens (tertiary/aromatic N) is 3. The lowest BCUT2D eigenvalue weighted by atomic mass is 10.00. The SMILES string of the molecule is CCNC(=NCCC(=O)N1CCCC(C)C1)NC(C)c1cccc(N2CCCC2)c1. The number of carbonyl (C=O) groups excluding carboxylic acids is 1. The summed E-state index contributed by atoms with van der Waals surface area (Å²) >= 11 is 0. The van der Waals surface area contributed by atoms with Crippen LogP contribution in [0.4, 0.5) is 5.69 Å². The molecule has 2 saturated heterocycles. The molecule has 2 heterocycles. The molecule has 2 aliphatic heterocycles. The highest BCUT2D eigenvalue weighted by Gasteiger charge is 2.20. The van der Waals surface area contributed by atoms with E-state index in [-0.39, 0.29) is 11.9 Å². The van der Waals surface area contributed by atoms with Gasteiger partial charge in [-0.25, -0.2) is 0 Å². The summed E-state index contributed by atoms with van der Waals surface area (Å²) in [5.41, 5.74) is 2.56. The molecule has 0 radical (unpaired) electrons. The minimum absolute atomic E-state index is 0.143. The Bertz CT molecular complexity index is 713. The summed E-state index contributed by atoms with van der Waals surface area (Å²) in [6, 6.07) is 8.94. The average molecular weight is 414 g/mol. The molecule has 1 aromatic carbocycles. The van der Waals surface area contributed by atoms with Crippen LogP contribution in [-0.4, -0.2) is 56.0 Å².